The standard InChI is InChI=1S/C27H37N3O5S/c1-6-7-15-30(25(33)22(17-36)29-26(34)35-27(3,4)5)23(19-12-10-13-20(31)16-19)24(32)28-21-14-9-8-11-18(21)2/h8-14,16,22-23,31,36H,6-7,15,17H2,1-5H3,(H,28,32)(H,29,34). The Kier molecular flexibility index (Phi) is 10.6. The normalized spacial score (nSPS) is 12.8. The Morgan fingerprint density at radius 1 is 1.11 bits per heavy atom. The van der Waals surface area contributed by atoms with Gasteiger partial charge in [0.15, 0.2) is 0 Å². The van der Waals surface area contributed by atoms with Gasteiger partial charge < -0.3 is 25.4 Å². The number of amides is 3. The minimum absolute atomic E-state index is 0.00682. The number of ether oxygens (including phenoxy) is 1. The highest BCUT2D eigenvalue weighted by Gasteiger charge is 2.36. The zero-order chi connectivity index (χ0) is 26.9. The molecule has 9 heteroatoms. The third kappa shape index (κ3) is 8.48. The van der Waals surface area contributed by atoms with Gasteiger partial charge in [-0.05, 0) is 63.4 Å². The summed E-state index contributed by atoms with van der Waals surface area (Å²) in [5.41, 5.74) is 1.19. The average Bonchev–Trinajstić information content (AvgIpc) is 2.80. The third-order valence-electron chi connectivity index (χ3n) is 5.36. The van der Waals surface area contributed by atoms with Gasteiger partial charge in [0.1, 0.15) is 23.4 Å². The number of carbonyl (C=O) groups excluding carboxylic acids is 3. The van der Waals surface area contributed by atoms with E-state index in [1.54, 1.807) is 39.0 Å². The molecular formula is C27H37N3O5S. The number of aryl methyl sites for hydroxylation is 1. The first-order valence-electron chi connectivity index (χ1n) is 12.0. The number of thiol groups is 1. The van der Waals surface area contributed by atoms with Crippen molar-refractivity contribution in [3.63, 3.8) is 0 Å². The number of carbonyl (C=O) groups is 3. The van der Waals surface area contributed by atoms with Crippen molar-refractivity contribution >= 4 is 36.2 Å². The summed E-state index contributed by atoms with van der Waals surface area (Å²) in [6.07, 6.45) is 0.661. The zero-order valence-electron chi connectivity index (χ0n) is 21.6. The summed E-state index contributed by atoms with van der Waals surface area (Å²) in [7, 11) is 0. The van der Waals surface area contributed by atoms with E-state index >= 15 is 0 Å². The van der Waals surface area contributed by atoms with Crippen LogP contribution in [0.1, 0.15) is 57.7 Å². The number of phenols is 1. The summed E-state index contributed by atoms with van der Waals surface area (Å²) < 4.78 is 5.31. The summed E-state index contributed by atoms with van der Waals surface area (Å²) in [6.45, 7) is 9.30. The molecule has 0 heterocycles. The second-order valence-corrected chi connectivity index (χ2v) is 9.93. The van der Waals surface area contributed by atoms with Crippen molar-refractivity contribution in [3.8, 4) is 5.75 Å². The molecule has 2 atom stereocenters. The van der Waals surface area contributed by atoms with Crippen LogP contribution in [-0.2, 0) is 14.3 Å². The van der Waals surface area contributed by atoms with Crippen LogP contribution in [0.3, 0.4) is 0 Å². The number of nitrogens with zero attached hydrogens (tertiary/aromatic N) is 1. The molecule has 2 aromatic rings. The fourth-order valence-corrected chi connectivity index (χ4v) is 3.86. The molecule has 0 aliphatic rings. The van der Waals surface area contributed by atoms with Gasteiger partial charge in [-0.1, -0.05) is 43.7 Å². The SMILES string of the molecule is CCCCN(C(=O)C(CS)NC(=O)OC(C)(C)C)C(C(=O)Nc1ccccc1C)c1cccc(O)c1. The minimum atomic E-state index is -1.06. The highest BCUT2D eigenvalue weighted by Crippen LogP contribution is 2.28. The first-order chi connectivity index (χ1) is 17.0. The number of aromatic hydroxyl groups is 1. The number of anilines is 1. The number of para-hydroxylation sites is 1. The molecule has 36 heavy (non-hydrogen) atoms. The van der Waals surface area contributed by atoms with Crippen molar-refractivity contribution < 1.29 is 24.2 Å². The summed E-state index contributed by atoms with van der Waals surface area (Å²) in [5.74, 6) is -0.929. The maximum absolute atomic E-state index is 13.8. The molecule has 0 saturated heterocycles. The number of unbranched alkanes of at least 4 members (excludes halogenated alkanes) is 1. The van der Waals surface area contributed by atoms with Crippen LogP contribution >= 0.6 is 12.6 Å². The minimum Gasteiger partial charge on any atom is -0.508 e. The van der Waals surface area contributed by atoms with Crippen LogP contribution in [0.5, 0.6) is 5.75 Å². The van der Waals surface area contributed by atoms with E-state index in [9.17, 15) is 19.5 Å². The lowest BCUT2D eigenvalue weighted by Gasteiger charge is -2.34. The van der Waals surface area contributed by atoms with Crippen LogP contribution in [0, 0.1) is 6.92 Å². The van der Waals surface area contributed by atoms with Crippen molar-refractivity contribution in [1.29, 1.82) is 0 Å². The summed E-state index contributed by atoms with van der Waals surface area (Å²) in [5, 5.41) is 15.6. The van der Waals surface area contributed by atoms with Crippen molar-refractivity contribution in [2.75, 3.05) is 17.6 Å². The molecule has 0 bridgehead atoms. The van der Waals surface area contributed by atoms with Crippen molar-refractivity contribution in [1.82, 2.24) is 10.2 Å². The monoisotopic (exact) mass is 515 g/mol. The summed E-state index contributed by atoms with van der Waals surface area (Å²) in [4.78, 5) is 41.3. The Morgan fingerprint density at radius 2 is 1.81 bits per heavy atom. The number of hydrogen-bond acceptors (Lipinski definition) is 6. The zero-order valence-corrected chi connectivity index (χ0v) is 22.5. The van der Waals surface area contributed by atoms with Gasteiger partial charge in [-0.3, -0.25) is 9.59 Å². The molecule has 0 radical (unpaired) electrons. The summed E-state index contributed by atoms with van der Waals surface area (Å²) in [6, 6.07) is 11.5. The van der Waals surface area contributed by atoms with E-state index in [2.05, 4.69) is 23.3 Å². The van der Waals surface area contributed by atoms with Gasteiger partial charge in [0.25, 0.3) is 5.91 Å². The maximum atomic E-state index is 13.8. The summed E-state index contributed by atoms with van der Waals surface area (Å²) >= 11 is 4.29. The number of nitrogens with one attached hydrogen (secondary N) is 2. The molecule has 0 spiro atoms. The van der Waals surface area contributed by atoms with Crippen molar-refractivity contribution in [3.05, 3.63) is 59.7 Å². The number of hydrogen-bond donors (Lipinski definition) is 4. The van der Waals surface area contributed by atoms with Crippen molar-refractivity contribution in [2.45, 2.75) is 65.1 Å². The lowest BCUT2D eigenvalue weighted by Crippen LogP contribution is -2.53. The first kappa shape index (κ1) is 29.0. The van der Waals surface area contributed by atoms with Gasteiger partial charge in [0, 0.05) is 18.0 Å². The third-order valence-corrected chi connectivity index (χ3v) is 5.72. The predicted octanol–water partition coefficient (Wildman–Crippen LogP) is 4.83. The lowest BCUT2D eigenvalue weighted by atomic mass is 10.0. The van der Waals surface area contributed by atoms with E-state index in [1.165, 1.54) is 17.0 Å². The van der Waals surface area contributed by atoms with Crippen LogP contribution < -0.4 is 10.6 Å². The topological polar surface area (TPSA) is 108 Å². The fourth-order valence-electron chi connectivity index (χ4n) is 3.61. The molecule has 196 valence electrons. The van der Waals surface area contributed by atoms with E-state index in [0.29, 0.717) is 17.7 Å². The van der Waals surface area contributed by atoms with E-state index in [1.807, 2.05) is 32.0 Å². The Labute approximate surface area is 218 Å². The van der Waals surface area contributed by atoms with Gasteiger partial charge in [0.05, 0.1) is 0 Å². The van der Waals surface area contributed by atoms with Gasteiger partial charge in [-0.25, -0.2) is 4.79 Å². The maximum Gasteiger partial charge on any atom is 0.408 e. The first-order valence-corrected chi connectivity index (χ1v) is 12.7. The van der Waals surface area contributed by atoms with Crippen LogP contribution in [-0.4, -0.2) is 51.9 Å². The Bertz CT molecular complexity index is 1050. The molecular weight excluding hydrogens is 478 g/mol. The number of benzene rings is 2. The van der Waals surface area contributed by atoms with Crippen LogP contribution in [0.15, 0.2) is 48.5 Å². The average molecular weight is 516 g/mol. The van der Waals surface area contributed by atoms with E-state index in [4.69, 9.17) is 4.74 Å². The Morgan fingerprint density at radius 3 is 2.39 bits per heavy atom. The highest BCUT2D eigenvalue weighted by atomic mass is 32.1. The molecule has 0 aliphatic carbocycles. The van der Waals surface area contributed by atoms with Crippen molar-refractivity contribution in [2.24, 2.45) is 0 Å². The van der Waals surface area contributed by atoms with Crippen LogP contribution in [0.4, 0.5) is 10.5 Å². The van der Waals surface area contributed by atoms with E-state index in [0.717, 1.165) is 12.0 Å². The Hall–Kier alpha value is -3.20. The highest BCUT2D eigenvalue weighted by molar-refractivity contribution is 7.80. The Balaban J connectivity index is 2.47. The molecule has 2 aromatic carbocycles. The molecule has 0 aliphatic heterocycles. The quantitative estimate of drug-likeness (QED) is 0.339. The molecule has 3 N–H and O–H groups in total. The fraction of sp³-hybridized carbons (Fsp3) is 0.444. The molecule has 3 amide bonds. The van der Waals surface area contributed by atoms with Gasteiger partial charge in [-0.2, -0.15) is 12.6 Å². The molecule has 2 unspecified atom stereocenters. The van der Waals surface area contributed by atoms with Gasteiger partial charge in [-0.15, -0.1) is 0 Å². The molecule has 2 rings (SSSR count). The van der Waals surface area contributed by atoms with Crippen LogP contribution in [0.2, 0.25) is 0 Å². The smallest absolute Gasteiger partial charge is 0.408 e. The van der Waals surface area contributed by atoms with Gasteiger partial charge >= 0.3 is 6.09 Å². The molecule has 0 fully saturated rings. The number of phenolic OH excluding ortho intramolecular Hbond substituents is 1. The second-order valence-electron chi connectivity index (χ2n) is 9.57. The molecule has 0 aromatic heterocycles. The van der Waals surface area contributed by atoms with E-state index < -0.39 is 35.6 Å². The van der Waals surface area contributed by atoms with Gasteiger partial charge in [0.2, 0.25) is 5.91 Å². The number of rotatable bonds is 10. The number of alkyl carbamates (subject to hydrolysis) is 1. The second kappa shape index (κ2) is 13.2. The van der Waals surface area contributed by atoms with E-state index in [-0.39, 0.29) is 18.0 Å². The molecule has 0 saturated carbocycles. The lowest BCUT2D eigenvalue weighted by molar-refractivity contribution is -0.140. The largest absolute Gasteiger partial charge is 0.508 e. The predicted molar refractivity (Wildman–Crippen MR) is 144 cm³/mol. The van der Waals surface area contributed by atoms with Crippen LogP contribution in [0.25, 0.3) is 0 Å². The molecule has 8 nitrogen and oxygen atoms in total.